The van der Waals surface area contributed by atoms with E-state index in [2.05, 4.69) is 0 Å². The highest BCUT2D eigenvalue weighted by Gasteiger charge is 2.42. The first-order chi connectivity index (χ1) is 14.9. The van der Waals surface area contributed by atoms with E-state index >= 15 is 0 Å². The summed E-state index contributed by atoms with van der Waals surface area (Å²) >= 11 is 0. The van der Waals surface area contributed by atoms with Gasteiger partial charge in [0.25, 0.3) is 0 Å². The van der Waals surface area contributed by atoms with Crippen LogP contribution in [0.25, 0.3) is 11.3 Å². The Morgan fingerprint density at radius 3 is 2.42 bits per heavy atom. The minimum Gasteiger partial charge on any atom is -0.496 e. The van der Waals surface area contributed by atoms with Crippen LogP contribution in [0.15, 0.2) is 24.3 Å². The van der Waals surface area contributed by atoms with E-state index in [9.17, 15) is 5.11 Å². The predicted octanol–water partition coefficient (Wildman–Crippen LogP) is 3.97. The Balaban J connectivity index is 1.72. The summed E-state index contributed by atoms with van der Waals surface area (Å²) in [6.45, 7) is 4.23. The minimum atomic E-state index is -0.700. The highest BCUT2D eigenvalue weighted by molar-refractivity contribution is 5.96. The summed E-state index contributed by atoms with van der Waals surface area (Å²) < 4.78 is 35.3. The minimum absolute atomic E-state index is 0.302. The SMILES string of the molecule is COC1=C2c3cc(OC)c(OC)cc3OCC2Oc2c1ccc1c2C(O)CC(C)(C)O1. The Kier molecular flexibility index (Phi) is 4.48. The van der Waals surface area contributed by atoms with Gasteiger partial charge >= 0.3 is 0 Å². The molecule has 31 heavy (non-hydrogen) atoms. The number of aliphatic hydroxyl groups excluding tert-OH is 1. The molecule has 0 fully saturated rings. The Labute approximate surface area is 181 Å². The molecule has 0 saturated carbocycles. The van der Waals surface area contributed by atoms with E-state index in [4.69, 9.17) is 28.4 Å². The fraction of sp³-hybridized carbons (Fsp3) is 0.417. The Bertz CT molecular complexity index is 1090. The van der Waals surface area contributed by atoms with E-state index in [0.29, 0.717) is 53.1 Å². The van der Waals surface area contributed by atoms with Gasteiger partial charge in [0, 0.05) is 23.6 Å². The maximum atomic E-state index is 10.9. The lowest BCUT2D eigenvalue weighted by molar-refractivity contribution is 0.00851. The molecule has 2 atom stereocenters. The van der Waals surface area contributed by atoms with E-state index < -0.39 is 17.8 Å². The molecule has 3 aliphatic heterocycles. The van der Waals surface area contributed by atoms with E-state index in [1.54, 1.807) is 21.3 Å². The number of aliphatic hydroxyl groups is 1. The van der Waals surface area contributed by atoms with Crippen LogP contribution < -0.4 is 23.7 Å². The third-order valence-corrected chi connectivity index (χ3v) is 6.00. The summed E-state index contributed by atoms with van der Waals surface area (Å²) in [6.07, 6.45) is -0.629. The maximum Gasteiger partial charge on any atom is 0.164 e. The maximum absolute atomic E-state index is 10.9. The second kappa shape index (κ2) is 6.99. The molecule has 0 saturated heterocycles. The van der Waals surface area contributed by atoms with Gasteiger partial charge in [-0.15, -0.1) is 0 Å². The topological polar surface area (TPSA) is 75.6 Å². The van der Waals surface area contributed by atoms with Gasteiger partial charge in [-0.2, -0.15) is 0 Å². The summed E-state index contributed by atoms with van der Waals surface area (Å²) in [7, 11) is 4.83. The smallest absolute Gasteiger partial charge is 0.164 e. The van der Waals surface area contributed by atoms with Crippen molar-refractivity contribution in [3.63, 3.8) is 0 Å². The molecule has 0 aliphatic carbocycles. The molecule has 0 bridgehead atoms. The zero-order valence-electron chi connectivity index (χ0n) is 18.3. The molecule has 3 heterocycles. The normalized spacial score (nSPS) is 22.5. The summed E-state index contributed by atoms with van der Waals surface area (Å²) in [4.78, 5) is 0. The first-order valence-corrected chi connectivity index (χ1v) is 10.2. The molecule has 7 nitrogen and oxygen atoms in total. The fourth-order valence-corrected chi connectivity index (χ4v) is 4.68. The molecular weight excluding hydrogens is 400 g/mol. The van der Waals surface area contributed by atoms with E-state index in [1.807, 2.05) is 38.1 Å². The molecule has 0 aromatic heterocycles. The van der Waals surface area contributed by atoms with Crippen molar-refractivity contribution in [3.05, 3.63) is 41.0 Å². The van der Waals surface area contributed by atoms with Crippen molar-refractivity contribution >= 4 is 11.3 Å². The third-order valence-electron chi connectivity index (χ3n) is 6.00. The van der Waals surface area contributed by atoms with E-state index in [1.165, 1.54) is 0 Å². The molecule has 7 heteroatoms. The van der Waals surface area contributed by atoms with Gasteiger partial charge in [0.15, 0.2) is 17.6 Å². The summed E-state index contributed by atoms with van der Waals surface area (Å²) in [5.74, 6) is 3.75. The monoisotopic (exact) mass is 426 g/mol. The van der Waals surface area contributed by atoms with Gasteiger partial charge in [0.1, 0.15) is 35.2 Å². The molecule has 2 aromatic carbocycles. The van der Waals surface area contributed by atoms with Crippen molar-refractivity contribution in [1.29, 1.82) is 0 Å². The van der Waals surface area contributed by atoms with Crippen LogP contribution in [0.5, 0.6) is 28.7 Å². The van der Waals surface area contributed by atoms with Gasteiger partial charge in [-0.1, -0.05) is 0 Å². The number of hydrogen-bond donors (Lipinski definition) is 1. The Hall–Kier alpha value is -3.06. The van der Waals surface area contributed by atoms with Gasteiger partial charge in [0.2, 0.25) is 0 Å². The lowest BCUT2D eigenvalue weighted by Crippen LogP contribution is -2.37. The van der Waals surface area contributed by atoms with Crippen LogP contribution in [0.2, 0.25) is 0 Å². The quantitative estimate of drug-likeness (QED) is 0.796. The molecule has 0 radical (unpaired) electrons. The van der Waals surface area contributed by atoms with Crippen LogP contribution in [0, 0.1) is 0 Å². The van der Waals surface area contributed by atoms with Crippen LogP contribution in [0.3, 0.4) is 0 Å². The van der Waals surface area contributed by atoms with E-state index in [0.717, 1.165) is 16.7 Å². The van der Waals surface area contributed by atoms with Gasteiger partial charge in [-0.3, -0.25) is 0 Å². The molecule has 2 aromatic rings. The van der Waals surface area contributed by atoms with Crippen molar-refractivity contribution in [1.82, 2.24) is 0 Å². The molecule has 5 rings (SSSR count). The summed E-state index contributed by atoms with van der Waals surface area (Å²) in [6, 6.07) is 7.48. The number of methoxy groups -OCH3 is 3. The second-order valence-corrected chi connectivity index (χ2v) is 8.50. The zero-order chi connectivity index (χ0) is 21.9. The zero-order valence-corrected chi connectivity index (χ0v) is 18.3. The highest BCUT2D eigenvalue weighted by Crippen LogP contribution is 2.53. The number of benzene rings is 2. The van der Waals surface area contributed by atoms with Crippen LogP contribution in [-0.2, 0) is 4.74 Å². The second-order valence-electron chi connectivity index (χ2n) is 8.50. The standard InChI is InChI=1S/C24H26O7/c1-24(2)10-14(25)21-15(31-24)7-6-12-22(28-5)20-13-8-17(26-3)18(27-4)9-16(13)29-11-19(20)30-23(12)21/h6-9,14,19,25H,10-11H2,1-5H3. The predicted molar refractivity (Wildman–Crippen MR) is 114 cm³/mol. The van der Waals surface area contributed by atoms with Crippen molar-refractivity contribution in [3.8, 4) is 28.7 Å². The van der Waals surface area contributed by atoms with Gasteiger partial charge in [-0.05, 0) is 32.0 Å². The third kappa shape index (κ3) is 2.98. The van der Waals surface area contributed by atoms with Crippen LogP contribution >= 0.6 is 0 Å². The van der Waals surface area contributed by atoms with Gasteiger partial charge in [0.05, 0.1) is 38.6 Å². The lowest BCUT2D eigenvalue weighted by atomic mass is 9.86. The van der Waals surface area contributed by atoms with Crippen molar-refractivity contribution in [2.45, 2.75) is 38.1 Å². The van der Waals surface area contributed by atoms with Crippen LogP contribution in [0.1, 0.15) is 43.1 Å². The van der Waals surface area contributed by atoms with Crippen LogP contribution in [-0.4, -0.2) is 44.7 Å². The van der Waals surface area contributed by atoms with Crippen molar-refractivity contribution < 1.29 is 33.5 Å². The molecule has 3 aliphatic rings. The average Bonchev–Trinajstić information content (AvgIpc) is 2.74. The van der Waals surface area contributed by atoms with Gasteiger partial charge in [-0.25, -0.2) is 0 Å². The van der Waals surface area contributed by atoms with Gasteiger partial charge < -0.3 is 33.5 Å². The first-order valence-electron chi connectivity index (χ1n) is 10.2. The Morgan fingerprint density at radius 1 is 0.968 bits per heavy atom. The van der Waals surface area contributed by atoms with Crippen LogP contribution in [0.4, 0.5) is 0 Å². The lowest BCUT2D eigenvalue weighted by Gasteiger charge is -2.40. The fourth-order valence-electron chi connectivity index (χ4n) is 4.68. The number of fused-ring (bicyclic) bond motifs is 6. The number of hydrogen-bond acceptors (Lipinski definition) is 7. The highest BCUT2D eigenvalue weighted by atomic mass is 16.5. The molecule has 2 unspecified atom stereocenters. The molecular formula is C24H26O7. The summed E-state index contributed by atoms with van der Waals surface area (Å²) in [5.41, 5.74) is 2.68. The molecule has 164 valence electrons. The molecule has 1 N–H and O–H groups in total. The van der Waals surface area contributed by atoms with Crippen molar-refractivity contribution in [2.75, 3.05) is 27.9 Å². The Morgan fingerprint density at radius 2 is 1.71 bits per heavy atom. The number of ether oxygens (including phenoxy) is 6. The largest absolute Gasteiger partial charge is 0.496 e. The average molecular weight is 426 g/mol. The van der Waals surface area contributed by atoms with Crippen molar-refractivity contribution in [2.24, 2.45) is 0 Å². The molecule has 0 spiro atoms. The molecule has 0 amide bonds. The summed E-state index contributed by atoms with van der Waals surface area (Å²) in [5, 5.41) is 10.9. The first kappa shape index (κ1) is 19.9. The number of rotatable bonds is 3. The van der Waals surface area contributed by atoms with E-state index in [-0.39, 0.29) is 0 Å².